The topological polar surface area (TPSA) is 38.7 Å². The van der Waals surface area contributed by atoms with Gasteiger partial charge in [-0.05, 0) is 26.7 Å². The van der Waals surface area contributed by atoms with Crippen molar-refractivity contribution in [2.45, 2.75) is 25.9 Å². The Bertz CT molecular complexity index is 83.8. The highest BCUT2D eigenvalue weighted by atomic mass is 16.5. The van der Waals surface area contributed by atoms with Gasteiger partial charge in [-0.2, -0.15) is 0 Å². The van der Waals surface area contributed by atoms with Crippen LogP contribution in [0.3, 0.4) is 0 Å². The molecule has 0 aliphatic rings. The van der Waals surface area contributed by atoms with Crippen molar-refractivity contribution in [3.63, 3.8) is 0 Å². The minimum atomic E-state index is -0.600. The van der Waals surface area contributed by atoms with Crippen LogP contribution in [0.25, 0.3) is 0 Å². The van der Waals surface area contributed by atoms with E-state index in [9.17, 15) is 0 Å². The van der Waals surface area contributed by atoms with Crippen LogP contribution in [0, 0.1) is 6.92 Å². The number of aliphatic hydroxyl groups excluding tert-OH is 1. The van der Waals surface area contributed by atoms with Crippen molar-refractivity contribution in [3.8, 4) is 0 Å². The second-order valence-corrected chi connectivity index (χ2v) is 2.63. The maximum atomic E-state index is 8.73. The van der Waals surface area contributed by atoms with Gasteiger partial charge in [0.05, 0.1) is 12.7 Å². The molecule has 0 aliphatic carbocycles. The van der Waals surface area contributed by atoms with E-state index in [0.29, 0.717) is 13.2 Å². The van der Waals surface area contributed by atoms with Crippen molar-refractivity contribution >= 4 is 0 Å². The van der Waals surface area contributed by atoms with Gasteiger partial charge < -0.3 is 14.6 Å². The number of ether oxygens (including phenoxy) is 2. The van der Waals surface area contributed by atoms with Crippen LogP contribution in [-0.2, 0) is 9.47 Å². The Kier molecular flexibility index (Phi) is 8.88. The fourth-order valence-corrected chi connectivity index (χ4v) is 0.772. The van der Waals surface area contributed by atoms with Crippen LogP contribution in [0.2, 0.25) is 0 Å². The van der Waals surface area contributed by atoms with Gasteiger partial charge in [0.15, 0.2) is 0 Å². The molecule has 0 rings (SSSR count). The first-order valence-electron chi connectivity index (χ1n) is 4.44. The number of unbranched alkanes of at least 4 members (excludes halogenated alkanes) is 1. The Morgan fingerprint density at radius 3 is 2.33 bits per heavy atom. The number of hydrogen-bond donors (Lipinski definition) is 1. The monoisotopic (exact) mass is 175 g/mol. The van der Waals surface area contributed by atoms with Crippen LogP contribution in [0.4, 0.5) is 0 Å². The smallest absolute Gasteiger partial charge is 0.0774 e. The highest BCUT2D eigenvalue weighted by molar-refractivity contribution is 4.53. The summed E-state index contributed by atoms with van der Waals surface area (Å²) >= 11 is 0. The highest BCUT2D eigenvalue weighted by Gasteiger charge is 1.94. The van der Waals surface area contributed by atoms with Crippen LogP contribution in [0.15, 0.2) is 0 Å². The Hall–Kier alpha value is -0.120. The Morgan fingerprint density at radius 2 is 1.83 bits per heavy atom. The SMILES string of the molecule is [CH2]C(O)COCCCCOCC. The Labute approximate surface area is 74.7 Å². The van der Waals surface area contributed by atoms with E-state index in [1.165, 1.54) is 0 Å². The molecule has 0 bridgehead atoms. The van der Waals surface area contributed by atoms with Crippen molar-refractivity contribution in [2.24, 2.45) is 0 Å². The van der Waals surface area contributed by atoms with E-state index in [0.717, 1.165) is 26.1 Å². The summed E-state index contributed by atoms with van der Waals surface area (Å²) < 4.78 is 10.3. The molecule has 1 radical (unpaired) electrons. The van der Waals surface area contributed by atoms with E-state index >= 15 is 0 Å². The summed E-state index contributed by atoms with van der Waals surface area (Å²) in [5.74, 6) is 0. The predicted molar refractivity (Wildman–Crippen MR) is 47.9 cm³/mol. The zero-order chi connectivity index (χ0) is 9.23. The lowest BCUT2D eigenvalue weighted by Gasteiger charge is -2.05. The highest BCUT2D eigenvalue weighted by Crippen LogP contribution is 1.92. The lowest BCUT2D eigenvalue weighted by atomic mass is 10.3. The van der Waals surface area contributed by atoms with Gasteiger partial charge in [0.25, 0.3) is 0 Å². The molecule has 0 aromatic rings. The zero-order valence-electron chi connectivity index (χ0n) is 7.79. The van der Waals surface area contributed by atoms with Crippen LogP contribution < -0.4 is 0 Å². The van der Waals surface area contributed by atoms with Gasteiger partial charge in [-0.25, -0.2) is 0 Å². The van der Waals surface area contributed by atoms with E-state index in [2.05, 4.69) is 6.92 Å². The second kappa shape index (κ2) is 8.97. The molecule has 1 N–H and O–H groups in total. The Balaban J connectivity index is 2.82. The molecule has 3 nitrogen and oxygen atoms in total. The van der Waals surface area contributed by atoms with E-state index in [1.807, 2.05) is 6.92 Å². The second-order valence-electron chi connectivity index (χ2n) is 2.63. The summed E-state index contributed by atoms with van der Waals surface area (Å²) in [6, 6.07) is 0. The maximum Gasteiger partial charge on any atom is 0.0774 e. The van der Waals surface area contributed by atoms with Crippen LogP contribution in [0.5, 0.6) is 0 Å². The molecule has 0 saturated carbocycles. The molecule has 12 heavy (non-hydrogen) atoms. The zero-order valence-corrected chi connectivity index (χ0v) is 7.79. The lowest BCUT2D eigenvalue weighted by Crippen LogP contribution is -2.11. The fourth-order valence-electron chi connectivity index (χ4n) is 0.772. The third-order valence-electron chi connectivity index (χ3n) is 1.34. The van der Waals surface area contributed by atoms with Crippen LogP contribution in [0.1, 0.15) is 19.8 Å². The molecule has 3 heteroatoms. The summed E-state index contributed by atoms with van der Waals surface area (Å²) in [6.07, 6.45) is 1.39. The van der Waals surface area contributed by atoms with E-state index in [4.69, 9.17) is 14.6 Å². The molecular formula is C9H19O3. The van der Waals surface area contributed by atoms with Gasteiger partial charge in [0.1, 0.15) is 0 Å². The van der Waals surface area contributed by atoms with Crippen molar-refractivity contribution in [1.29, 1.82) is 0 Å². The normalized spacial score (nSPS) is 13.2. The predicted octanol–water partition coefficient (Wildman–Crippen LogP) is 1.01. The van der Waals surface area contributed by atoms with Gasteiger partial charge in [0, 0.05) is 19.8 Å². The third-order valence-corrected chi connectivity index (χ3v) is 1.34. The molecule has 0 aromatic heterocycles. The average molecular weight is 175 g/mol. The maximum absolute atomic E-state index is 8.73. The molecular weight excluding hydrogens is 156 g/mol. The minimum Gasteiger partial charge on any atom is -0.391 e. The van der Waals surface area contributed by atoms with Gasteiger partial charge in [-0.3, -0.25) is 0 Å². The summed E-state index contributed by atoms with van der Waals surface area (Å²) in [7, 11) is 0. The van der Waals surface area contributed by atoms with Crippen LogP contribution >= 0.6 is 0 Å². The van der Waals surface area contributed by atoms with E-state index in [1.54, 1.807) is 0 Å². The molecule has 73 valence electrons. The summed E-state index contributed by atoms with van der Waals surface area (Å²) in [5, 5.41) is 8.73. The molecule has 1 unspecified atom stereocenters. The number of rotatable bonds is 8. The van der Waals surface area contributed by atoms with Crippen LogP contribution in [-0.4, -0.2) is 37.6 Å². The van der Waals surface area contributed by atoms with Gasteiger partial charge in [-0.1, -0.05) is 0 Å². The average Bonchev–Trinajstić information content (AvgIpc) is 2.02. The molecule has 0 fully saturated rings. The number of hydrogen-bond acceptors (Lipinski definition) is 3. The molecule has 0 saturated heterocycles. The summed E-state index contributed by atoms with van der Waals surface area (Å²) in [5.41, 5.74) is 0. The van der Waals surface area contributed by atoms with E-state index < -0.39 is 6.10 Å². The molecule has 0 spiro atoms. The molecule has 0 aromatic carbocycles. The first-order chi connectivity index (χ1) is 5.77. The summed E-state index contributed by atoms with van der Waals surface area (Å²) in [4.78, 5) is 0. The quantitative estimate of drug-likeness (QED) is 0.560. The summed E-state index contributed by atoms with van der Waals surface area (Å²) in [6.45, 7) is 7.96. The Morgan fingerprint density at radius 1 is 1.25 bits per heavy atom. The first-order valence-corrected chi connectivity index (χ1v) is 4.44. The van der Waals surface area contributed by atoms with Crippen molar-refractivity contribution in [2.75, 3.05) is 26.4 Å². The third kappa shape index (κ3) is 9.88. The molecule has 0 amide bonds. The fraction of sp³-hybridized carbons (Fsp3) is 0.889. The van der Waals surface area contributed by atoms with Gasteiger partial charge >= 0.3 is 0 Å². The van der Waals surface area contributed by atoms with Crippen molar-refractivity contribution < 1.29 is 14.6 Å². The largest absolute Gasteiger partial charge is 0.391 e. The number of aliphatic hydroxyl groups is 1. The molecule has 1 atom stereocenters. The lowest BCUT2D eigenvalue weighted by molar-refractivity contribution is 0.0523. The van der Waals surface area contributed by atoms with E-state index in [-0.39, 0.29) is 0 Å². The van der Waals surface area contributed by atoms with Crippen molar-refractivity contribution in [1.82, 2.24) is 0 Å². The first kappa shape index (κ1) is 11.9. The molecule has 0 heterocycles. The minimum absolute atomic E-state index is 0.328. The van der Waals surface area contributed by atoms with Gasteiger partial charge in [0.2, 0.25) is 0 Å². The molecule has 0 aliphatic heterocycles. The standard InChI is InChI=1S/C9H19O3/c1-3-11-6-4-5-7-12-8-9(2)10/h9-10H,2-8H2,1H3. The van der Waals surface area contributed by atoms with Crippen molar-refractivity contribution in [3.05, 3.63) is 6.92 Å². The van der Waals surface area contributed by atoms with Gasteiger partial charge in [-0.15, -0.1) is 0 Å².